The number of rotatable bonds is 9. The van der Waals surface area contributed by atoms with Crippen LogP contribution in [0.2, 0.25) is 0 Å². The zero-order valence-corrected chi connectivity index (χ0v) is 16.8. The number of hydrogen-bond donors (Lipinski definition) is 2. The Hall–Kier alpha value is -2.19. The van der Waals surface area contributed by atoms with E-state index in [-0.39, 0.29) is 12.1 Å². The number of hydrogen-bond acceptors (Lipinski definition) is 6. The molecule has 0 fully saturated rings. The van der Waals surface area contributed by atoms with Gasteiger partial charge in [0.15, 0.2) is 0 Å². The first kappa shape index (κ1) is 21.1. The van der Waals surface area contributed by atoms with Crippen molar-refractivity contribution in [3.8, 4) is 0 Å². The van der Waals surface area contributed by atoms with Crippen molar-refractivity contribution in [3.63, 3.8) is 0 Å². The number of carbonyl (C=O) groups is 1. The van der Waals surface area contributed by atoms with E-state index in [1.54, 1.807) is 33.7 Å². The van der Waals surface area contributed by atoms with Crippen LogP contribution < -0.4 is 10.2 Å². The molecule has 0 radical (unpaired) electrons. The van der Waals surface area contributed by atoms with E-state index in [2.05, 4.69) is 34.7 Å². The fraction of sp³-hybridized carbons (Fsp3) is 0.263. The van der Waals surface area contributed by atoms with Gasteiger partial charge < -0.3 is 15.4 Å². The minimum Gasteiger partial charge on any atom is -0.410 e. The van der Waals surface area contributed by atoms with Gasteiger partial charge in [0.05, 0.1) is 0 Å². The molecule has 0 unspecified atom stereocenters. The molecule has 0 aromatic heterocycles. The largest absolute Gasteiger partial charge is 0.410 e. The van der Waals surface area contributed by atoms with Crippen LogP contribution in [-0.4, -0.2) is 43.2 Å². The topological polar surface area (TPSA) is 64.9 Å². The van der Waals surface area contributed by atoms with Crippen molar-refractivity contribution >= 4 is 38.9 Å². The molecule has 1 amide bonds. The summed E-state index contributed by atoms with van der Waals surface area (Å²) < 4.78 is 13.2. The second-order valence-corrected chi connectivity index (χ2v) is 8.39. The molecule has 0 saturated carbocycles. The Morgan fingerprint density at radius 1 is 1.22 bits per heavy atom. The van der Waals surface area contributed by atoms with E-state index >= 15 is 0 Å². The predicted molar refractivity (Wildman–Crippen MR) is 111 cm³/mol. The van der Waals surface area contributed by atoms with Crippen molar-refractivity contribution in [1.29, 1.82) is 0 Å². The molecule has 2 N–H and O–H groups in total. The molecule has 0 aliphatic rings. The molecule has 2 rings (SSSR count). The summed E-state index contributed by atoms with van der Waals surface area (Å²) >= 11 is 0. The maximum Gasteiger partial charge on any atom is 0.269 e. The van der Waals surface area contributed by atoms with Crippen molar-refractivity contribution in [1.82, 2.24) is 5.32 Å². The highest BCUT2D eigenvalue weighted by atomic mass is 33.1. The third-order valence-corrected chi connectivity index (χ3v) is 6.01. The van der Waals surface area contributed by atoms with Crippen molar-refractivity contribution in [3.05, 3.63) is 59.9 Å². The van der Waals surface area contributed by atoms with E-state index < -0.39 is 11.7 Å². The Labute approximate surface area is 166 Å². The molecule has 5 nitrogen and oxygen atoms in total. The van der Waals surface area contributed by atoms with Gasteiger partial charge >= 0.3 is 0 Å². The fourth-order valence-electron chi connectivity index (χ4n) is 2.22. The summed E-state index contributed by atoms with van der Waals surface area (Å²) in [6, 6.07) is 14.1. The maximum atomic E-state index is 13.2. The molecular weight excluding hydrogens is 385 g/mol. The third-order valence-electron chi connectivity index (χ3n) is 3.62. The Balaban J connectivity index is 1.71. The lowest BCUT2D eigenvalue weighted by Crippen LogP contribution is -2.33. The minimum atomic E-state index is -0.456. The number of benzene rings is 2. The zero-order chi connectivity index (χ0) is 19.6. The highest BCUT2D eigenvalue weighted by molar-refractivity contribution is 8.76. The fourth-order valence-corrected chi connectivity index (χ4v) is 4.11. The molecule has 8 heteroatoms. The van der Waals surface area contributed by atoms with Gasteiger partial charge in [-0.1, -0.05) is 38.9 Å². The molecular formula is C19H22FN3O2S2. The summed E-state index contributed by atoms with van der Waals surface area (Å²) in [7, 11) is 7.26. The molecule has 144 valence electrons. The van der Waals surface area contributed by atoms with Gasteiger partial charge in [0.25, 0.3) is 5.91 Å². The van der Waals surface area contributed by atoms with E-state index in [0.29, 0.717) is 17.9 Å². The highest BCUT2D eigenvalue weighted by Gasteiger charge is 2.13. The van der Waals surface area contributed by atoms with E-state index in [9.17, 15) is 9.18 Å². The van der Waals surface area contributed by atoms with Gasteiger partial charge in [0, 0.05) is 43.4 Å². The first-order valence-electron chi connectivity index (χ1n) is 8.30. The summed E-state index contributed by atoms with van der Waals surface area (Å²) in [5.74, 6) is -0.148. The summed E-state index contributed by atoms with van der Waals surface area (Å²) in [5.41, 5.74) is 1.67. The molecule has 0 aliphatic carbocycles. The Bertz CT molecular complexity index is 783. The average molecular weight is 408 g/mol. The number of anilines is 1. The van der Waals surface area contributed by atoms with Gasteiger partial charge in [-0.25, -0.2) is 4.39 Å². The van der Waals surface area contributed by atoms with Crippen LogP contribution in [0.25, 0.3) is 0 Å². The van der Waals surface area contributed by atoms with Gasteiger partial charge in [-0.15, -0.1) is 0 Å². The van der Waals surface area contributed by atoms with E-state index in [4.69, 9.17) is 5.21 Å². The SMILES string of the molecule is CN(C)c1ccc(SSCCNC(=O)/C(Cc2cccc(F)c2)=N/O)cc1. The number of halogens is 1. The maximum absolute atomic E-state index is 13.2. The molecule has 2 aromatic carbocycles. The van der Waals surface area contributed by atoms with E-state index in [1.165, 1.54) is 12.1 Å². The van der Waals surface area contributed by atoms with Crippen molar-refractivity contribution < 1.29 is 14.4 Å². The van der Waals surface area contributed by atoms with Gasteiger partial charge in [0.2, 0.25) is 0 Å². The smallest absolute Gasteiger partial charge is 0.269 e. The van der Waals surface area contributed by atoms with Crippen LogP contribution in [0.3, 0.4) is 0 Å². The van der Waals surface area contributed by atoms with Crippen molar-refractivity contribution in [2.24, 2.45) is 5.16 Å². The van der Waals surface area contributed by atoms with Gasteiger partial charge in [-0.05, 0) is 42.0 Å². The summed E-state index contributed by atoms with van der Waals surface area (Å²) in [6.45, 7) is 0.439. The molecule has 0 atom stereocenters. The Morgan fingerprint density at radius 3 is 2.59 bits per heavy atom. The van der Waals surface area contributed by atoms with Crippen molar-refractivity contribution in [2.75, 3.05) is 31.3 Å². The number of nitrogens with zero attached hydrogens (tertiary/aromatic N) is 2. The summed E-state index contributed by atoms with van der Waals surface area (Å²) in [5, 5.41) is 14.8. The van der Waals surface area contributed by atoms with E-state index in [0.717, 1.165) is 10.6 Å². The summed E-state index contributed by atoms with van der Waals surface area (Å²) in [6.07, 6.45) is 0.0697. The van der Waals surface area contributed by atoms with Gasteiger partial charge in [-0.3, -0.25) is 4.79 Å². The van der Waals surface area contributed by atoms with E-state index in [1.807, 2.05) is 19.0 Å². The Morgan fingerprint density at radius 2 is 1.96 bits per heavy atom. The first-order valence-corrected chi connectivity index (χ1v) is 10.6. The summed E-state index contributed by atoms with van der Waals surface area (Å²) in [4.78, 5) is 15.3. The number of oxime groups is 1. The molecule has 0 bridgehead atoms. The zero-order valence-electron chi connectivity index (χ0n) is 15.2. The molecule has 0 heterocycles. The average Bonchev–Trinajstić information content (AvgIpc) is 2.66. The predicted octanol–water partition coefficient (Wildman–Crippen LogP) is 3.82. The molecule has 0 aliphatic heterocycles. The van der Waals surface area contributed by atoms with Crippen molar-refractivity contribution in [2.45, 2.75) is 11.3 Å². The lowest BCUT2D eigenvalue weighted by atomic mass is 10.1. The third kappa shape index (κ3) is 7.15. The molecule has 2 aromatic rings. The lowest BCUT2D eigenvalue weighted by Gasteiger charge is -2.12. The molecule has 0 spiro atoms. The van der Waals surface area contributed by atoms with Crippen LogP contribution in [0, 0.1) is 5.82 Å². The first-order chi connectivity index (χ1) is 13.0. The van der Waals surface area contributed by atoms with Crippen LogP contribution in [0.15, 0.2) is 58.6 Å². The van der Waals surface area contributed by atoms with Crippen LogP contribution in [0.5, 0.6) is 0 Å². The van der Waals surface area contributed by atoms with Crippen LogP contribution in [-0.2, 0) is 11.2 Å². The number of amides is 1. The second kappa shape index (κ2) is 10.8. The monoisotopic (exact) mass is 407 g/mol. The molecule has 27 heavy (non-hydrogen) atoms. The second-order valence-electron chi connectivity index (χ2n) is 5.90. The lowest BCUT2D eigenvalue weighted by molar-refractivity contribution is -0.114. The minimum absolute atomic E-state index is 0.0440. The number of carbonyl (C=O) groups excluding carboxylic acids is 1. The van der Waals surface area contributed by atoms with Crippen LogP contribution in [0.1, 0.15) is 5.56 Å². The van der Waals surface area contributed by atoms with Gasteiger partial charge in [-0.2, -0.15) is 0 Å². The normalized spacial score (nSPS) is 11.3. The molecule has 0 saturated heterocycles. The van der Waals surface area contributed by atoms with Crippen LogP contribution in [0.4, 0.5) is 10.1 Å². The highest BCUT2D eigenvalue weighted by Crippen LogP contribution is 2.31. The number of nitrogens with one attached hydrogen (secondary N) is 1. The van der Waals surface area contributed by atoms with Crippen LogP contribution >= 0.6 is 21.6 Å². The quantitative estimate of drug-likeness (QED) is 0.218. The Kier molecular flexibility index (Phi) is 8.47. The van der Waals surface area contributed by atoms with Gasteiger partial charge in [0.1, 0.15) is 11.5 Å². The standard InChI is InChI=1S/C19H22FN3O2S2/c1-23(2)16-6-8-17(9-7-16)27-26-11-10-21-19(24)18(22-25)13-14-4-3-5-15(20)12-14/h3-9,12,25H,10-11,13H2,1-2H3,(H,21,24)/b22-18+.